The number of rotatable bonds is 3. The number of pyridine rings is 1. The maximum Gasteiger partial charge on any atom is 0.128 e. The van der Waals surface area contributed by atoms with Gasteiger partial charge in [0.15, 0.2) is 0 Å². The second kappa shape index (κ2) is 4.65. The molecule has 1 fully saturated rings. The zero-order valence-corrected chi connectivity index (χ0v) is 11.3. The highest BCUT2D eigenvalue weighted by atomic mass is 15.3. The van der Waals surface area contributed by atoms with E-state index in [0.717, 1.165) is 25.3 Å². The zero-order chi connectivity index (χ0) is 12.5. The van der Waals surface area contributed by atoms with E-state index >= 15 is 0 Å². The van der Waals surface area contributed by atoms with Crippen molar-refractivity contribution in [2.45, 2.75) is 45.7 Å². The van der Waals surface area contributed by atoms with Crippen molar-refractivity contribution in [3.8, 4) is 0 Å². The lowest BCUT2D eigenvalue weighted by Gasteiger charge is -2.43. The average Bonchev–Trinajstić information content (AvgIpc) is 2.21. The smallest absolute Gasteiger partial charge is 0.128 e. The molecule has 2 rings (SSSR count). The molecule has 94 valence electrons. The third-order valence-corrected chi connectivity index (χ3v) is 3.06. The Labute approximate surface area is 104 Å². The maximum atomic E-state index is 4.44. The number of anilines is 1. The van der Waals surface area contributed by atoms with Gasteiger partial charge in [-0.05, 0) is 44.9 Å². The Morgan fingerprint density at radius 3 is 2.71 bits per heavy atom. The molecule has 1 saturated heterocycles. The topological polar surface area (TPSA) is 28.2 Å². The van der Waals surface area contributed by atoms with E-state index in [1.807, 2.05) is 6.20 Å². The van der Waals surface area contributed by atoms with E-state index in [2.05, 4.69) is 55.0 Å². The fourth-order valence-corrected chi connectivity index (χ4v) is 2.22. The van der Waals surface area contributed by atoms with Crippen molar-refractivity contribution in [3.63, 3.8) is 0 Å². The summed E-state index contributed by atoms with van der Waals surface area (Å²) in [5.74, 6) is 1.12. The Balaban J connectivity index is 1.90. The lowest BCUT2D eigenvalue weighted by atomic mass is 10.0. The molecule has 1 aliphatic heterocycles. The monoisotopic (exact) mass is 233 g/mol. The lowest BCUT2D eigenvalue weighted by Crippen LogP contribution is -2.62. The summed E-state index contributed by atoms with van der Waals surface area (Å²) in [5.41, 5.74) is 1.57. The first-order valence-corrected chi connectivity index (χ1v) is 6.45. The molecule has 0 bridgehead atoms. The van der Waals surface area contributed by atoms with Gasteiger partial charge < -0.3 is 10.2 Å². The van der Waals surface area contributed by atoms with Crippen molar-refractivity contribution in [3.05, 3.63) is 23.9 Å². The minimum atomic E-state index is 0.204. The molecule has 0 unspecified atom stereocenters. The summed E-state index contributed by atoms with van der Waals surface area (Å²) < 4.78 is 0. The van der Waals surface area contributed by atoms with Crippen LogP contribution >= 0.6 is 0 Å². The number of nitrogens with zero attached hydrogens (tertiary/aromatic N) is 2. The van der Waals surface area contributed by atoms with Gasteiger partial charge in [0.25, 0.3) is 0 Å². The van der Waals surface area contributed by atoms with Crippen molar-refractivity contribution in [2.75, 3.05) is 18.0 Å². The van der Waals surface area contributed by atoms with Crippen LogP contribution in [0.25, 0.3) is 0 Å². The summed E-state index contributed by atoms with van der Waals surface area (Å²) in [5, 5.41) is 3.61. The lowest BCUT2D eigenvalue weighted by molar-refractivity contribution is 0.315. The van der Waals surface area contributed by atoms with Gasteiger partial charge in [-0.1, -0.05) is 6.92 Å². The van der Waals surface area contributed by atoms with Gasteiger partial charge in [0.2, 0.25) is 0 Å². The highest BCUT2D eigenvalue weighted by molar-refractivity contribution is 5.44. The van der Waals surface area contributed by atoms with Crippen LogP contribution in [0, 0.1) is 0 Å². The van der Waals surface area contributed by atoms with Crippen LogP contribution in [-0.2, 0) is 6.42 Å². The Bertz CT molecular complexity index is 375. The third kappa shape index (κ3) is 3.19. The van der Waals surface area contributed by atoms with E-state index in [1.54, 1.807) is 0 Å². The molecule has 3 heteroatoms. The van der Waals surface area contributed by atoms with Crippen LogP contribution in [-0.4, -0.2) is 29.7 Å². The summed E-state index contributed by atoms with van der Waals surface area (Å²) >= 11 is 0. The van der Waals surface area contributed by atoms with Crippen LogP contribution in [0.5, 0.6) is 0 Å². The van der Waals surface area contributed by atoms with Gasteiger partial charge in [0, 0.05) is 30.9 Å². The molecule has 0 spiro atoms. The molecule has 0 aromatic carbocycles. The number of hydrogen-bond donors (Lipinski definition) is 1. The number of hydrogen-bond acceptors (Lipinski definition) is 3. The first-order chi connectivity index (χ1) is 7.98. The zero-order valence-electron chi connectivity index (χ0n) is 11.3. The van der Waals surface area contributed by atoms with Crippen LogP contribution < -0.4 is 10.2 Å². The molecule has 3 nitrogen and oxygen atoms in total. The van der Waals surface area contributed by atoms with Crippen molar-refractivity contribution in [1.82, 2.24) is 10.3 Å². The molecule has 2 heterocycles. The standard InChI is InChI=1S/C14H23N3/c1-5-11-6-7-15-13(8-11)17-9-12(10-17)16-14(2,3)4/h6-8,12,16H,5,9-10H2,1-4H3. The van der Waals surface area contributed by atoms with Crippen molar-refractivity contribution < 1.29 is 0 Å². The maximum absolute atomic E-state index is 4.44. The van der Waals surface area contributed by atoms with E-state index in [9.17, 15) is 0 Å². The molecule has 0 radical (unpaired) electrons. The quantitative estimate of drug-likeness (QED) is 0.867. The first-order valence-electron chi connectivity index (χ1n) is 6.45. The summed E-state index contributed by atoms with van der Waals surface area (Å²) in [6.45, 7) is 11.0. The van der Waals surface area contributed by atoms with Crippen LogP contribution in [0.2, 0.25) is 0 Å². The van der Waals surface area contributed by atoms with Gasteiger partial charge in [-0.15, -0.1) is 0 Å². The summed E-state index contributed by atoms with van der Waals surface area (Å²) in [6, 6.07) is 4.89. The van der Waals surface area contributed by atoms with Crippen LogP contribution in [0.3, 0.4) is 0 Å². The normalized spacial score (nSPS) is 17.1. The van der Waals surface area contributed by atoms with Crippen molar-refractivity contribution >= 4 is 5.82 Å². The van der Waals surface area contributed by atoms with E-state index in [0.29, 0.717) is 6.04 Å². The number of aromatic nitrogens is 1. The van der Waals surface area contributed by atoms with E-state index in [-0.39, 0.29) is 5.54 Å². The molecular formula is C14H23N3. The van der Waals surface area contributed by atoms with E-state index < -0.39 is 0 Å². The van der Waals surface area contributed by atoms with Crippen LogP contribution in [0.15, 0.2) is 18.3 Å². The molecule has 1 aliphatic rings. The molecule has 0 amide bonds. The van der Waals surface area contributed by atoms with Gasteiger partial charge in [0.05, 0.1) is 0 Å². The summed E-state index contributed by atoms with van der Waals surface area (Å²) in [4.78, 5) is 6.77. The van der Waals surface area contributed by atoms with Gasteiger partial charge in [-0.3, -0.25) is 0 Å². The molecule has 1 aromatic rings. The predicted molar refractivity (Wildman–Crippen MR) is 72.5 cm³/mol. The average molecular weight is 233 g/mol. The van der Waals surface area contributed by atoms with E-state index in [1.165, 1.54) is 5.56 Å². The largest absolute Gasteiger partial charge is 0.353 e. The molecule has 0 atom stereocenters. The molecule has 1 N–H and O–H groups in total. The fourth-order valence-electron chi connectivity index (χ4n) is 2.22. The first kappa shape index (κ1) is 12.4. The second-order valence-corrected chi connectivity index (χ2v) is 5.87. The highest BCUT2D eigenvalue weighted by Crippen LogP contribution is 2.20. The minimum absolute atomic E-state index is 0.204. The van der Waals surface area contributed by atoms with Gasteiger partial charge in [-0.25, -0.2) is 4.98 Å². The third-order valence-electron chi connectivity index (χ3n) is 3.06. The van der Waals surface area contributed by atoms with Crippen LogP contribution in [0.1, 0.15) is 33.3 Å². The summed E-state index contributed by atoms with van der Waals surface area (Å²) in [6.07, 6.45) is 2.99. The Morgan fingerprint density at radius 2 is 2.12 bits per heavy atom. The predicted octanol–water partition coefficient (Wildman–Crippen LogP) is 2.22. The Morgan fingerprint density at radius 1 is 1.41 bits per heavy atom. The van der Waals surface area contributed by atoms with Gasteiger partial charge in [0.1, 0.15) is 5.82 Å². The number of nitrogens with one attached hydrogen (secondary N) is 1. The number of aryl methyl sites for hydroxylation is 1. The summed E-state index contributed by atoms with van der Waals surface area (Å²) in [7, 11) is 0. The van der Waals surface area contributed by atoms with Crippen molar-refractivity contribution in [2.24, 2.45) is 0 Å². The molecule has 17 heavy (non-hydrogen) atoms. The van der Waals surface area contributed by atoms with Crippen molar-refractivity contribution in [1.29, 1.82) is 0 Å². The highest BCUT2D eigenvalue weighted by Gasteiger charge is 2.30. The Kier molecular flexibility index (Phi) is 3.38. The molecule has 0 saturated carbocycles. The van der Waals surface area contributed by atoms with E-state index in [4.69, 9.17) is 0 Å². The molecular weight excluding hydrogens is 210 g/mol. The second-order valence-electron chi connectivity index (χ2n) is 5.87. The molecule has 1 aromatic heterocycles. The molecule has 0 aliphatic carbocycles. The Hall–Kier alpha value is -1.09. The van der Waals surface area contributed by atoms with Gasteiger partial charge in [-0.2, -0.15) is 0 Å². The van der Waals surface area contributed by atoms with Crippen LogP contribution in [0.4, 0.5) is 5.82 Å². The SMILES string of the molecule is CCc1ccnc(N2CC(NC(C)(C)C)C2)c1. The minimum Gasteiger partial charge on any atom is -0.353 e. The van der Waals surface area contributed by atoms with Gasteiger partial charge >= 0.3 is 0 Å². The fraction of sp³-hybridized carbons (Fsp3) is 0.643.